The molecule has 53 heteroatoms. The molecule has 0 spiro atoms. The smallest absolute Gasteiger partial charge is 0.854 e. The van der Waals surface area contributed by atoms with Gasteiger partial charge in [0.2, 0.25) is 46.6 Å². The van der Waals surface area contributed by atoms with Crippen LogP contribution in [0, 0.1) is 174 Å². The number of nitrogens with two attached hydrogens (primary N) is 5. The Morgan fingerprint density at radius 1 is 0.399 bits per heavy atom. The van der Waals surface area contributed by atoms with E-state index < -0.39 is 126 Å². The van der Waals surface area contributed by atoms with Crippen molar-refractivity contribution in [1.82, 2.24) is 9.97 Å². The van der Waals surface area contributed by atoms with Crippen LogP contribution in [-0.4, -0.2) is 74.1 Å². The Hall–Kier alpha value is -8.44. The predicted octanol–water partition coefficient (Wildman–Crippen LogP) is 21.4. The van der Waals surface area contributed by atoms with Gasteiger partial charge >= 0.3 is 148 Å². The molecule has 2 heterocycles. The predicted molar refractivity (Wildman–Crippen MR) is 570 cm³/mol. The average molecular weight is 2610 g/mol. The summed E-state index contributed by atoms with van der Waals surface area (Å²) in [4.78, 5) is 96.0. The van der Waals surface area contributed by atoms with Gasteiger partial charge in [-0.05, 0) is 146 Å². The number of nitrogens with one attached hydrogen (secondary N) is 3. The standard InChI is InChI=1S/C16H19FN2O3.C16H22N2O3.2C12H13FN2O2.2C6H4BrFN2O2.2C6H5FN2O2.C6H10.2C4H9O.CH4.2Br2.2K.2Ni/c1-5-6-15(20)18-13-10-12(17)14(19(21)22)9-11(13)7-8-16(2,3)4;1-15(2,3)14-8-10-7-12(18(19)20)13(9-11(10)17-14)21-16(4,5)6;1-12(2,3)11-5-7-4-10(15(16)17)8(13)6-9(7)14-11;1-12(2,3)5-4-8-6-11(15(16)17)9(13)7-10(8)14;2*7-3-1-6(10(11)12)4(8)2-5(3)9;2*7-5-3-4(8)1-2-6(5)9(10)11;1-5-6(2,3)4;2*1-2-3-4-5;;2*1-2;;;;/h9-10H,5-6H2,1-4H3,(H,18,20);7-9,17H,1-6H3;4-6,14H,1-3H3;6-7H,14H2,1-3H3;2*1-2H,9H2;2*1-3H,8H2;1H,2-4H3;2*2-4H2,1H3;1H4;;;;;;/q;;;;;;;;;2*-1;;;;2*+1;;. The Balaban J connectivity index is -0.000000247. The number of hydrogen-bond donors (Lipinski definition) is 8. The zero-order valence-corrected chi connectivity index (χ0v) is 102. The zero-order valence-electron chi connectivity index (χ0n) is 84.5. The average Bonchev–Trinajstić information content (AvgIpc) is 1.66. The normalized spacial score (nSPS) is 10.0. The number of fused-ring (bicyclic) bond motifs is 2. The van der Waals surface area contributed by atoms with Crippen LogP contribution in [0.1, 0.15) is 214 Å². The number of H-pyrrole nitrogens is 2. The van der Waals surface area contributed by atoms with E-state index >= 15 is 0 Å². The molecule has 36 nitrogen and oxygen atoms in total. The molecule has 8 aromatic carbocycles. The van der Waals surface area contributed by atoms with E-state index in [1.54, 1.807) is 12.1 Å². The molecule has 0 atom stereocenters. The maximum Gasteiger partial charge on any atom is 1.00 e. The van der Waals surface area contributed by atoms with Gasteiger partial charge in [-0.2, -0.15) is 30.7 Å². The SMILES string of the molecule is BrBr.BrBr.C.C#CC(C)(C)C.CC(C)(C)C#Cc1cc([N+](=O)[O-])c(F)cc1N.CC(C)(C)Oc1cc2[nH]c(C(C)(C)C)cc2cc1[N+](=O)[O-].CC(C)(C)c1cc2cc([N+](=O)[O-])c(F)cc2[nH]1.CCCC(=O)Nc1cc(F)c([N+](=O)[O-])cc1C#CC(C)(C)C.CCCC[O-].CCCC[O-].Nc1cc(F)c([N+](=O)[O-])cc1Br.Nc1cc(F)c([N+](=O)[O-])cc1Br.Nc1ccc([N+](=O)[O-])c(F)c1.Nc1ccc([N+](=O)[O-])c(F)c1.[K+].[K+].[Ni].[Ni]. The van der Waals surface area contributed by atoms with Gasteiger partial charge in [-0.1, -0.05) is 119 Å². The van der Waals surface area contributed by atoms with Gasteiger partial charge in [0.15, 0.2) is 5.75 Å². The summed E-state index contributed by atoms with van der Waals surface area (Å²) >= 11 is 16.9. The van der Waals surface area contributed by atoms with E-state index in [1.165, 1.54) is 24.3 Å². The maximum absolute atomic E-state index is 13.8. The summed E-state index contributed by atoms with van der Waals surface area (Å²) in [6, 6.07) is 23.8. The first-order chi connectivity index (χ1) is 65.7. The fourth-order valence-corrected chi connectivity index (χ4v) is 10.2. The van der Waals surface area contributed by atoms with Crippen LogP contribution in [0.15, 0.2) is 130 Å². The Bertz CT molecular complexity index is 6080. The number of aromatic amines is 2. The Kier molecular flexibility index (Phi) is 78.0. The van der Waals surface area contributed by atoms with E-state index in [4.69, 9.17) is 39.8 Å². The molecule has 0 unspecified atom stereocenters. The molecule has 0 fully saturated rings. The van der Waals surface area contributed by atoms with Crippen molar-refractivity contribution < 1.29 is 226 Å². The van der Waals surface area contributed by atoms with Gasteiger partial charge in [0.25, 0.3) is 0 Å². The fourth-order valence-electron chi connectivity index (χ4n) is 9.49. The second-order valence-electron chi connectivity index (χ2n) is 35.6. The second-order valence-corrected chi connectivity index (χ2v) is 37.3. The molecule has 0 aliphatic rings. The van der Waals surface area contributed by atoms with Gasteiger partial charge in [0.1, 0.15) is 5.60 Å². The number of nitrogen functional groups attached to an aromatic ring is 5. The summed E-state index contributed by atoms with van der Waals surface area (Å²) in [5.41, 5.74) is 26.0. The van der Waals surface area contributed by atoms with E-state index in [9.17, 15) is 127 Å². The molecule has 0 bridgehead atoms. The number of hydrogen-bond acceptors (Lipinski definition) is 25. The number of amides is 1. The second kappa shape index (κ2) is 74.5. The molecule has 810 valence electrons. The van der Waals surface area contributed by atoms with E-state index in [0.29, 0.717) is 32.0 Å². The molecular weight excluding hydrogens is 2490 g/mol. The van der Waals surface area contributed by atoms with Crippen molar-refractivity contribution in [2.75, 3.05) is 47.2 Å². The van der Waals surface area contributed by atoms with Gasteiger partial charge in [0, 0.05) is 285 Å². The van der Waals surface area contributed by atoms with E-state index in [-0.39, 0.29) is 247 Å². The monoisotopic (exact) mass is 2600 g/mol. The quantitative estimate of drug-likeness (QED) is 0.0111. The number of carbonyl (C=O) groups excluding carboxylic acids is 1. The molecule has 2 aromatic heterocycles. The number of nitrogens with zero attached hydrogens (tertiary/aromatic N) is 8. The van der Waals surface area contributed by atoms with Crippen LogP contribution in [0.25, 0.3) is 21.8 Å². The number of nitro benzene ring substituents is 8. The molecule has 0 radical (unpaired) electrons. The molecule has 10 aromatic rings. The Labute approximate surface area is 1010 Å². The summed E-state index contributed by atoms with van der Waals surface area (Å²) in [6.45, 7) is 41.4. The molecule has 148 heavy (non-hydrogen) atoms. The number of halogens is 13. The van der Waals surface area contributed by atoms with Gasteiger partial charge in [-0.3, -0.25) is 85.7 Å². The third kappa shape index (κ3) is 61.3. The number of benzene rings is 8. The number of ether oxygens (including phenoxy) is 1. The molecule has 13 N–H and O–H groups in total. The topological polar surface area (TPSA) is 591 Å². The van der Waals surface area contributed by atoms with E-state index in [2.05, 4.69) is 154 Å². The van der Waals surface area contributed by atoms with Crippen molar-refractivity contribution in [3.63, 3.8) is 0 Å². The minimum Gasteiger partial charge on any atom is -0.854 e. The molecule has 0 aliphatic heterocycles. The molecule has 0 aliphatic carbocycles. The summed E-state index contributed by atoms with van der Waals surface area (Å²) in [6.07, 6.45) is 9.71. The molecule has 0 saturated heterocycles. The number of anilines is 6. The first-order valence-corrected chi connectivity index (χ1v) is 50.9. The van der Waals surface area contributed by atoms with Gasteiger partial charge in [0.05, 0.1) is 61.9 Å². The first-order valence-electron chi connectivity index (χ1n) is 41.9. The largest absolute Gasteiger partial charge is 1.00 e. The van der Waals surface area contributed by atoms with Crippen molar-refractivity contribution in [2.45, 2.75) is 208 Å². The third-order valence-electron chi connectivity index (χ3n) is 16.6. The van der Waals surface area contributed by atoms with Crippen LogP contribution >= 0.6 is 88.4 Å². The van der Waals surface area contributed by atoms with Gasteiger partial charge in [-0.25, -0.2) is 0 Å². The minimum atomic E-state index is -1.00. The van der Waals surface area contributed by atoms with Gasteiger partial charge in [-0.15, -0.1) is 25.6 Å². The molecule has 10 rings (SSSR count). The van der Waals surface area contributed by atoms with Crippen LogP contribution in [0.2, 0.25) is 0 Å². The maximum atomic E-state index is 13.8. The van der Waals surface area contributed by atoms with Crippen molar-refractivity contribution in [1.29, 1.82) is 0 Å². The van der Waals surface area contributed by atoms with Crippen molar-refractivity contribution in [2.24, 2.45) is 16.2 Å². The van der Waals surface area contributed by atoms with Crippen molar-refractivity contribution in [3.8, 4) is 41.8 Å². The summed E-state index contributed by atoms with van der Waals surface area (Å²) in [5.74, 6) is 7.50. The molecular formula is C95H117Br6F7K2N16Ni2O20. The first kappa shape index (κ1) is 155. The number of aromatic nitrogens is 2. The summed E-state index contributed by atoms with van der Waals surface area (Å²) in [5, 5.41) is 107. The summed E-state index contributed by atoms with van der Waals surface area (Å²) in [7, 11) is 0. The van der Waals surface area contributed by atoms with E-state index in [1.807, 2.05) is 137 Å². The summed E-state index contributed by atoms with van der Waals surface area (Å²) < 4.78 is 97.4. The van der Waals surface area contributed by atoms with Crippen LogP contribution in [0.5, 0.6) is 5.75 Å². The van der Waals surface area contributed by atoms with Crippen molar-refractivity contribution in [3.05, 3.63) is 274 Å². The molecule has 1 amide bonds. The van der Waals surface area contributed by atoms with Crippen LogP contribution in [0.4, 0.5) is 110 Å². The minimum absolute atomic E-state index is 0. The number of unbranched alkanes of at least 4 members (excludes halogenated alkanes) is 2. The van der Waals surface area contributed by atoms with Crippen LogP contribution in [-0.2, 0) is 48.6 Å². The Morgan fingerprint density at radius 3 is 0.966 bits per heavy atom. The number of carbonyl (C=O) groups is 1. The number of terminal acetylenes is 1. The zero-order chi connectivity index (χ0) is 112. The number of nitro groups is 8. The fraction of sp³-hybridized carbons (Fsp3) is 0.379. The van der Waals surface area contributed by atoms with E-state index in [0.717, 1.165) is 121 Å². The van der Waals surface area contributed by atoms with Crippen LogP contribution in [0.3, 0.4) is 0 Å². The number of rotatable bonds is 16. The van der Waals surface area contributed by atoms with Crippen LogP contribution < -0.4 is 152 Å². The third-order valence-corrected chi connectivity index (χ3v) is 18.0. The van der Waals surface area contributed by atoms with Gasteiger partial charge < -0.3 is 58.9 Å². The molecule has 0 saturated carbocycles. The Morgan fingerprint density at radius 2 is 0.682 bits per heavy atom. The van der Waals surface area contributed by atoms with Crippen molar-refractivity contribution >= 4 is 196 Å².